The Labute approximate surface area is 330 Å². The van der Waals surface area contributed by atoms with Crippen molar-refractivity contribution in [2.75, 3.05) is 54.2 Å². The van der Waals surface area contributed by atoms with Crippen molar-refractivity contribution in [1.29, 1.82) is 0 Å². The number of hydrogen-bond donors (Lipinski definition) is 1. The maximum Gasteiger partial charge on any atom is 0.321 e. The minimum Gasteiger partial charge on any atom is -0.392 e. The zero-order chi connectivity index (χ0) is 39.0. The van der Waals surface area contributed by atoms with Gasteiger partial charge in [0.15, 0.2) is 0 Å². The molecular weight excluding hydrogens is 709 g/mol. The van der Waals surface area contributed by atoms with Crippen LogP contribution in [-0.2, 0) is 61.0 Å². The molecule has 296 valence electrons. The molecule has 0 aliphatic carbocycles. The molecule has 56 heavy (non-hydrogen) atoms. The van der Waals surface area contributed by atoms with Crippen LogP contribution in [0.15, 0.2) is 127 Å². The van der Waals surface area contributed by atoms with Crippen LogP contribution in [0.3, 0.4) is 0 Å². The van der Waals surface area contributed by atoms with E-state index in [1.165, 1.54) is 0 Å². The number of nitrogens with zero attached hydrogens (tertiary/aromatic N) is 2. The fraction of sp³-hybridized carbons (Fsp3) is 0.370. The molecule has 1 aliphatic rings. The third-order valence-electron chi connectivity index (χ3n) is 10.2. The van der Waals surface area contributed by atoms with Crippen molar-refractivity contribution in [2.45, 2.75) is 56.8 Å². The molecule has 0 spiro atoms. The molecule has 10 nitrogen and oxygen atoms in total. The van der Waals surface area contributed by atoms with Gasteiger partial charge in [-0.3, -0.25) is 0 Å². The Morgan fingerprint density at radius 3 is 1.50 bits per heavy atom. The van der Waals surface area contributed by atoms with Crippen LogP contribution >= 0.6 is 0 Å². The van der Waals surface area contributed by atoms with Crippen molar-refractivity contribution in [3.8, 4) is 0 Å². The monoisotopic (exact) mass is 762 g/mol. The van der Waals surface area contributed by atoms with Crippen molar-refractivity contribution < 1.29 is 38.3 Å². The van der Waals surface area contributed by atoms with E-state index in [4.69, 9.17) is 28.4 Å². The van der Waals surface area contributed by atoms with Crippen molar-refractivity contribution in [3.05, 3.63) is 155 Å². The van der Waals surface area contributed by atoms with Gasteiger partial charge in [0.25, 0.3) is 0 Å². The summed E-state index contributed by atoms with van der Waals surface area (Å²) < 4.78 is 36.1. The first-order valence-corrected chi connectivity index (χ1v) is 19.3. The highest BCUT2D eigenvalue weighted by Gasteiger charge is 2.49. The number of aliphatic hydroxyl groups excluding tert-OH is 1. The first-order chi connectivity index (χ1) is 27.6. The van der Waals surface area contributed by atoms with Crippen molar-refractivity contribution in [2.24, 2.45) is 0 Å². The summed E-state index contributed by atoms with van der Waals surface area (Å²) in [5, 5.41) is 12.0. The normalized spacial score (nSPS) is 18.7. The summed E-state index contributed by atoms with van der Waals surface area (Å²) >= 11 is 0. The lowest BCUT2D eigenvalue weighted by molar-refractivity contribution is -0.192. The van der Waals surface area contributed by atoms with Crippen molar-refractivity contribution >= 4 is 16.8 Å². The minimum atomic E-state index is -0.653. The number of aliphatic hydroxyl groups is 1. The summed E-state index contributed by atoms with van der Waals surface area (Å²) in [5.74, 6) is 0. The first kappa shape index (κ1) is 41.0. The SMILES string of the molecule is COCCOCO[C@@H]1[C@@H](OCOCCOC)[C@@H](Cc2ccccc2)N(Cc2ccc3ccccc3c2)C(=O)N(Cc2ccc(CO)cc2)[C@@H]1Cc1ccccc1. The predicted octanol–water partition coefficient (Wildman–Crippen LogP) is 7.00. The Balaban J connectivity index is 1.50. The summed E-state index contributed by atoms with van der Waals surface area (Å²) in [6, 6.07) is 41.6. The van der Waals surface area contributed by atoms with Gasteiger partial charge >= 0.3 is 6.03 Å². The molecule has 2 amide bonds. The fourth-order valence-corrected chi connectivity index (χ4v) is 7.32. The topological polar surface area (TPSA) is 99.2 Å². The van der Waals surface area contributed by atoms with Gasteiger partial charge in [-0.15, -0.1) is 0 Å². The smallest absolute Gasteiger partial charge is 0.321 e. The molecule has 0 aromatic heterocycles. The van der Waals surface area contributed by atoms with Crippen molar-refractivity contribution in [3.63, 3.8) is 0 Å². The Kier molecular flexibility index (Phi) is 15.8. The van der Waals surface area contributed by atoms with Crippen LogP contribution in [0.5, 0.6) is 0 Å². The predicted molar refractivity (Wildman–Crippen MR) is 216 cm³/mol. The maximum atomic E-state index is 15.7. The lowest BCUT2D eigenvalue weighted by atomic mass is 9.90. The van der Waals surface area contributed by atoms with Gasteiger partial charge < -0.3 is 43.3 Å². The molecular formula is C46H54N2O8. The second-order valence-electron chi connectivity index (χ2n) is 14.0. The molecule has 1 aliphatic heterocycles. The standard InChI is InChI=1S/C46H54N2O8/c1-51-23-25-53-33-55-44-42(28-35-11-5-3-6-12-35)47(30-37-17-19-38(32-49)20-18-37)46(50)48(31-39-21-22-40-15-9-10-16-41(40)27-39)43(29-36-13-7-4-8-14-36)45(44)56-34-54-26-24-52-2/h3-22,27,42-45,49H,23-26,28-34H2,1-2H3/t42-,43-,44+,45+/m1/s1. The van der Waals surface area contributed by atoms with E-state index >= 15 is 4.79 Å². The van der Waals surface area contributed by atoms with Crippen molar-refractivity contribution in [1.82, 2.24) is 9.80 Å². The van der Waals surface area contributed by atoms with Gasteiger partial charge in [0.1, 0.15) is 25.8 Å². The molecule has 10 heteroatoms. The van der Waals surface area contributed by atoms with Gasteiger partial charge in [0.05, 0.1) is 45.1 Å². The van der Waals surface area contributed by atoms with Crippen LogP contribution < -0.4 is 0 Å². The summed E-state index contributed by atoms with van der Waals surface area (Å²) in [4.78, 5) is 19.6. The largest absolute Gasteiger partial charge is 0.392 e. The molecule has 1 fully saturated rings. The summed E-state index contributed by atoms with van der Waals surface area (Å²) in [6.45, 7) is 2.05. The first-order valence-electron chi connectivity index (χ1n) is 19.3. The number of methoxy groups -OCH3 is 2. The lowest BCUT2D eigenvalue weighted by Gasteiger charge is -2.38. The number of benzene rings is 5. The summed E-state index contributed by atoms with van der Waals surface area (Å²) in [5.41, 5.74) is 4.84. The molecule has 0 saturated carbocycles. The number of amides is 2. The van der Waals surface area contributed by atoms with Crippen LogP contribution in [0.4, 0.5) is 4.79 Å². The number of urea groups is 1. The molecule has 0 bridgehead atoms. The molecule has 1 N–H and O–H groups in total. The third kappa shape index (κ3) is 11.2. The third-order valence-corrected chi connectivity index (χ3v) is 10.2. The van der Waals surface area contributed by atoms with E-state index in [0.717, 1.165) is 38.6 Å². The van der Waals surface area contributed by atoms with Crippen LogP contribution in [0.2, 0.25) is 0 Å². The molecule has 1 heterocycles. The van der Waals surface area contributed by atoms with Gasteiger partial charge in [0.2, 0.25) is 0 Å². The highest BCUT2D eigenvalue weighted by molar-refractivity contribution is 5.83. The van der Waals surface area contributed by atoms with E-state index in [9.17, 15) is 5.11 Å². The molecule has 0 unspecified atom stereocenters. The minimum absolute atomic E-state index is 0.0254. The van der Waals surface area contributed by atoms with E-state index in [-0.39, 0.29) is 26.2 Å². The van der Waals surface area contributed by atoms with E-state index < -0.39 is 24.3 Å². The molecule has 1 saturated heterocycles. The average molecular weight is 763 g/mol. The Bertz CT molecular complexity index is 1890. The van der Waals surface area contributed by atoms with Crippen LogP contribution in [-0.4, -0.2) is 99.5 Å². The molecule has 5 aromatic rings. The number of fused-ring (bicyclic) bond motifs is 1. The Hall–Kier alpha value is -4.65. The summed E-state index contributed by atoms with van der Waals surface area (Å²) in [7, 11) is 3.27. The van der Waals surface area contributed by atoms with E-state index in [1.807, 2.05) is 82.6 Å². The maximum absolute atomic E-state index is 15.7. The fourth-order valence-electron chi connectivity index (χ4n) is 7.32. The Morgan fingerprint density at radius 2 is 0.982 bits per heavy atom. The van der Waals surface area contributed by atoms with Gasteiger partial charge in [-0.25, -0.2) is 4.79 Å². The number of rotatable bonds is 21. The van der Waals surface area contributed by atoms with E-state index in [2.05, 4.69) is 54.6 Å². The zero-order valence-electron chi connectivity index (χ0n) is 32.4. The van der Waals surface area contributed by atoms with Gasteiger partial charge in [-0.1, -0.05) is 121 Å². The molecule has 4 atom stereocenters. The number of ether oxygens (including phenoxy) is 6. The molecule has 5 aromatic carbocycles. The van der Waals surface area contributed by atoms with Gasteiger partial charge in [0, 0.05) is 27.3 Å². The lowest BCUT2D eigenvalue weighted by Crippen LogP contribution is -2.53. The van der Waals surface area contributed by atoms with Gasteiger partial charge in [-0.05, 0) is 57.5 Å². The van der Waals surface area contributed by atoms with Crippen LogP contribution in [0.25, 0.3) is 10.8 Å². The highest BCUT2D eigenvalue weighted by atomic mass is 16.7. The van der Waals surface area contributed by atoms with E-state index in [0.29, 0.717) is 52.4 Å². The second kappa shape index (κ2) is 21.6. The Morgan fingerprint density at radius 1 is 0.518 bits per heavy atom. The van der Waals surface area contributed by atoms with Gasteiger partial charge in [-0.2, -0.15) is 0 Å². The quantitative estimate of drug-likeness (QED) is 0.0631. The number of hydrogen-bond acceptors (Lipinski definition) is 8. The molecule has 6 rings (SSSR count). The number of carbonyl (C=O) groups is 1. The average Bonchev–Trinajstić information content (AvgIpc) is 3.31. The second-order valence-corrected chi connectivity index (χ2v) is 14.0. The summed E-state index contributed by atoms with van der Waals surface area (Å²) in [6.07, 6.45) is -0.302. The highest BCUT2D eigenvalue weighted by Crippen LogP contribution is 2.33. The van der Waals surface area contributed by atoms with Crippen LogP contribution in [0.1, 0.15) is 27.8 Å². The van der Waals surface area contributed by atoms with E-state index in [1.54, 1.807) is 14.2 Å². The zero-order valence-corrected chi connectivity index (χ0v) is 32.4. The molecule has 0 radical (unpaired) electrons. The van der Waals surface area contributed by atoms with Crippen LogP contribution in [0, 0.1) is 0 Å². The number of carbonyl (C=O) groups excluding carboxylic acids is 1.